The second-order valence-electron chi connectivity index (χ2n) is 12.3. The van der Waals surface area contributed by atoms with E-state index < -0.39 is 71.3 Å². The van der Waals surface area contributed by atoms with Gasteiger partial charge in [-0.3, -0.25) is 9.59 Å². The van der Waals surface area contributed by atoms with Gasteiger partial charge in [-0.25, -0.2) is 14.4 Å². The molecule has 0 aromatic heterocycles. The first-order chi connectivity index (χ1) is 22.6. The Hall–Kier alpha value is -4.95. The summed E-state index contributed by atoms with van der Waals surface area (Å²) in [6.45, 7) is 6.07. The number of phenols is 1. The van der Waals surface area contributed by atoms with Crippen molar-refractivity contribution >= 4 is 29.8 Å². The predicted octanol–water partition coefficient (Wildman–Crippen LogP) is 2.22. The van der Waals surface area contributed by atoms with Crippen LogP contribution >= 0.6 is 0 Å². The standard InChI is InChI=1S/C34H37NO13/c1-17-11-12-22(38)26-24(17)33-15-16-35(5)18(2)34(33,43)14-13-23(29(33)47-26)46-31(41)27(44-19(3)36)28(45-20(4)37)32(42)48-25(30(39)40)21-9-7-6-8-10-21/h6-13,18,25,27-29,38,43H,14-16H2,1-5H3,(H,39,40)/t18-,25-,27-,28-,29+,33+,34-/m1/s1. The molecule has 256 valence electrons. The van der Waals surface area contributed by atoms with E-state index in [0.717, 1.165) is 19.4 Å². The Bertz CT molecular complexity index is 1670. The van der Waals surface area contributed by atoms with Crippen molar-refractivity contribution in [1.82, 2.24) is 4.90 Å². The van der Waals surface area contributed by atoms with Gasteiger partial charge >= 0.3 is 29.8 Å². The summed E-state index contributed by atoms with van der Waals surface area (Å²) in [7, 11) is 1.88. The van der Waals surface area contributed by atoms with Gasteiger partial charge in [0.15, 0.2) is 17.6 Å². The molecule has 2 heterocycles. The number of fused-ring (bicyclic) bond motifs is 1. The van der Waals surface area contributed by atoms with Crippen LogP contribution in [0.5, 0.6) is 11.5 Å². The molecular formula is C34H37NO13. The van der Waals surface area contributed by atoms with Gasteiger partial charge in [0.05, 0.1) is 11.0 Å². The van der Waals surface area contributed by atoms with E-state index in [1.165, 1.54) is 36.4 Å². The summed E-state index contributed by atoms with van der Waals surface area (Å²) in [6, 6.07) is 10.2. The number of aromatic hydroxyl groups is 1. The number of rotatable bonds is 9. The van der Waals surface area contributed by atoms with Gasteiger partial charge in [0.1, 0.15) is 5.76 Å². The van der Waals surface area contributed by atoms with E-state index in [2.05, 4.69) is 0 Å². The second-order valence-corrected chi connectivity index (χ2v) is 12.3. The molecule has 3 aliphatic rings. The molecule has 2 aromatic rings. The number of phenolic OH excluding ortho intramolecular Hbond substituents is 1. The van der Waals surface area contributed by atoms with Crippen molar-refractivity contribution in [1.29, 1.82) is 0 Å². The molecule has 1 spiro atoms. The van der Waals surface area contributed by atoms with Crippen molar-refractivity contribution in [2.45, 2.75) is 82.0 Å². The van der Waals surface area contributed by atoms with Gasteiger partial charge in [-0.15, -0.1) is 0 Å². The summed E-state index contributed by atoms with van der Waals surface area (Å²) >= 11 is 0. The number of aliphatic hydroxyl groups is 1. The van der Waals surface area contributed by atoms with Crippen molar-refractivity contribution in [2.75, 3.05) is 13.6 Å². The number of hydrogen-bond donors (Lipinski definition) is 3. The van der Waals surface area contributed by atoms with Crippen molar-refractivity contribution < 1.29 is 63.0 Å². The van der Waals surface area contributed by atoms with Crippen LogP contribution in [0.25, 0.3) is 0 Å². The summed E-state index contributed by atoms with van der Waals surface area (Å²) in [4.78, 5) is 65.6. The first kappa shape index (κ1) is 34.4. The van der Waals surface area contributed by atoms with E-state index in [0.29, 0.717) is 18.5 Å². The second kappa shape index (κ2) is 12.9. The van der Waals surface area contributed by atoms with Crippen LogP contribution in [0.1, 0.15) is 56.4 Å². The number of carbonyl (C=O) groups is 5. The zero-order valence-corrected chi connectivity index (χ0v) is 27.0. The number of likely N-dealkylation sites (N-methyl/N-ethyl adjacent to an activating group) is 1. The Kier molecular flexibility index (Phi) is 9.26. The van der Waals surface area contributed by atoms with Gasteiger partial charge in [0.25, 0.3) is 0 Å². The highest BCUT2D eigenvalue weighted by Crippen LogP contribution is 2.62. The van der Waals surface area contributed by atoms with Gasteiger partial charge in [0, 0.05) is 37.4 Å². The number of carboxylic acid groups (broad SMARTS) is 1. The van der Waals surface area contributed by atoms with Crippen LogP contribution in [0.3, 0.4) is 0 Å². The van der Waals surface area contributed by atoms with Crippen LogP contribution in [0.2, 0.25) is 0 Å². The van der Waals surface area contributed by atoms with Crippen LogP contribution < -0.4 is 4.74 Å². The maximum absolute atomic E-state index is 13.9. The Morgan fingerprint density at radius 3 is 2.19 bits per heavy atom. The fourth-order valence-electron chi connectivity index (χ4n) is 7.08. The normalized spacial score (nSPS) is 26.2. The molecule has 3 N–H and O–H groups in total. The summed E-state index contributed by atoms with van der Waals surface area (Å²) in [5, 5.41) is 33.0. The van der Waals surface area contributed by atoms with Crippen molar-refractivity contribution in [3.63, 3.8) is 0 Å². The molecule has 0 radical (unpaired) electrons. The number of esters is 4. The van der Waals surface area contributed by atoms with Crippen molar-refractivity contribution in [3.05, 3.63) is 71.0 Å². The molecule has 5 rings (SSSR count). The maximum atomic E-state index is 13.9. The molecule has 0 amide bonds. The van der Waals surface area contributed by atoms with E-state index in [1.807, 2.05) is 25.8 Å². The van der Waals surface area contributed by atoms with Gasteiger partial charge in [0.2, 0.25) is 18.3 Å². The molecule has 14 nitrogen and oxygen atoms in total. The van der Waals surface area contributed by atoms with E-state index in [9.17, 15) is 39.3 Å². The highest BCUT2D eigenvalue weighted by molar-refractivity contribution is 5.90. The highest BCUT2D eigenvalue weighted by atomic mass is 16.6. The van der Waals surface area contributed by atoms with Crippen molar-refractivity contribution in [2.24, 2.45) is 0 Å². The largest absolute Gasteiger partial charge is 0.504 e. The van der Waals surface area contributed by atoms with Crippen LogP contribution in [0, 0.1) is 6.92 Å². The maximum Gasteiger partial charge on any atom is 0.357 e. The Morgan fingerprint density at radius 1 is 0.958 bits per heavy atom. The third kappa shape index (κ3) is 5.75. The first-order valence-corrected chi connectivity index (χ1v) is 15.3. The lowest BCUT2D eigenvalue weighted by molar-refractivity contribution is -0.195. The zero-order chi connectivity index (χ0) is 35.1. The summed E-state index contributed by atoms with van der Waals surface area (Å²) < 4.78 is 27.5. The van der Waals surface area contributed by atoms with Crippen molar-refractivity contribution in [3.8, 4) is 11.5 Å². The van der Waals surface area contributed by atoms with E-state index in [1.54, 1.807) is 12.1 Å². The number of benzene rings is 2. The predicted molar refractivity (Wildman–Crippen MR) is 163 cm³/mol. The van der Waals surface area contributed by atoms with Gasteiger partial charge in [-0.1, -0.05) is 36.4 Å². The molecule has 48 heavy (non-hydrogen) atoms. The number of aryl methyl sites for hydroxylation is 1. The lowest BCUT2D eigenvalue weighted by Crippen LogP contribution is -2.71. The fourth-order valence-corrected chi connectivity index (χ4v) is 7.08. The third-order valence-electron chi connectivity index (χ3n) is 9.44. The lowest BCUT2D eigenvalue weighted by Gasteiger charge is -2.58. The van der Waals surface area contributed by atoms with Crippen LogP contribution in [0.15, 0.2) is 54.3 Å². The number of carbonyl (C=O) groups excluding carboxylic acids is 4. The molecule has 1 aliphatic carbocycles. The highest BCUT2D eigenvalue weighted by Gasteiger charge is 2.69. The minimum absolute atomic E-state index is 0.0134. The molecule has 0 saturated carbocycles. The zero-order valence-electron chi connectivity index (χ0n) is 27.0. The Labute approximate surface area is 275 Å². The Balaban J connectivity index is 1.52. The van der Waals surface area contributed by atoms with Gasteiger partial charge < -0.3 is 43.9 Å². The quantitative estimate of drug-likeness (QED) is 0.260. The molecular weight excluding hydrogens is 630 g/mol. The molecule has 7 atom stereocenters. The number of carboxylic acids is 1. The number of likely N-dealkylation sites (tertiary alicyclic amines) is 1. The molecule has 14 heteroatoms. The number of nitrogens with zero attached hydrogens (tertiary/aromatic N) is 1. The van der Waals surface area contributed by atoms with Gasteiger partial charge in [-0.05, 0) is 51.6 Å². The SMILES string of the molecule is CC(=O)O[C@@H](C(=O)OC1=CC[C@@]2(O)[C@@H](C)N(C)CC[C@@]23c2c(C)ccc(O)c2O[C@@H]13)[C@@H](OC(C)=O)C(=O)O[C@@H](C(=O)O)c1ccccc1. The lowest BCUT2D eigenvalue weighted by atomic mass is 9.54. The monoisotopic (exact) mass is 667 g/mol. The molecule has 0 unspecified atom stereocenters. The smallest absolute Gasteiger partial charge is 0.357 e. The third-order valence-corrected chi connectivity index (χ3v) is 9.44. The Morgan fingerprint density at radius 2 is 1.58 bits per heavy atom. The van der Waals surface area contributed by atoms with Crippen LogP contribution in [-0.4, -0.2) is 93.6 Å². The average molecular weight is 668 g/mol. The van der Waals surface area contributed by atoms with E-state index in [-0.39, 0.29) is 29.2 Å². The topological polar surface area (TPSA) is 195 Å². The number of piperidine rings is 1. The minimum Gasteiger partial charge on any atom is -0.504 e. The van der Waals surface area contributed by atoms with Crippen LogP contribution in [-0.2, 0) is 48.3 Å². The molecule has 1 saturated heterocycles. The summed E-state index contributed by atoms with van der Waals surface area (Å²) in [5.74, 6) is -6.71. The summed E-state index contributed by atoms with van der Waals surface area (Å²) in [6.07, 6.45) is -5.74. The fraction of sp³-hybridized carbons (Fsp3) is 0.441. The number of hydrogen-bond acceptors (Lipinski definition) is 13. The number of aliphatic carboxylic acids is 1. The van der Waals surface area contributed by atoms with Gasteiger partial charge in [-0.2, -0.15) is 0 Å². The molecule has 1 fully saturated rings. The molecule has 0 bridgehead atoms. The molecule has 2 aliphatic heterocycles. The van der Waals surface area contributed by atoms with E-state index in [4.69, 9.17) is 23.7 Å². The minimum atomic E-state index is -2.27. The van der Waals surface area contributed by atoms with Crippen LogP contribution in [0.4, 0.5) is 0 Å². The summed E-state index contributed by atoms with van der Waals surface area (Å²) in [5.41, 5.74) is -1.28. The number of ether oxygens (including phenoxy) is 5. The first-order valence-electron chi connectivity index (χ1n) is 15.3. The molecule has 2 aromatic carbocycles. The van der Waals surface area contributed by atoms with E-state index >= 15 is 0 Å². The average Bonchev–Trinajstić information content (AvgIpc) is 3.40.